The maximum Gasteiger partial charge on any atom is 0.220 e. The van der Waals surface area contributed by atoms with Gasteiger partial charge in [-0.1, -0.05) is 156 Å². The highest BCUT2D eigenvalue weighted by Crippen LogP contribution is 2.33. The zero-order valence-electron chi connectivity index (χ0n) is 47.5. The molecule has 0 radical (unpaired) electrons. The van der Waals surface area contributed by atoms with Crippen LogP contribution in [-0.2, 0) is 33.2 Å². The second kappa shape index (κ2) is 43.4. The molecule has 0 aromatic rings. The van der Waals surface area contributed by atoms with Crippen molar-refractivity contribution in [3.63, 3.8) is 0 Å². The van der Waals surface area contributed by atoms with Crippen LogP contribution >= 0.6 is 0 Å². The quantitative estimate of drug-likeness (QED) is 0.0284. The van der Waals surface area contributed by atoms with Crippen LogP contribution < -0.4 is 5.32 Å². The van der Waals surface area contributed by atoms with Gasteiger partial charge in [0.05, 0.1) is 38.6 Å². The number of rotatable bonds is 41. The maximum absolute atomic E-state index is 13.3. The highest BCUT2D eigenvalue weighted by atomic mass is 16.8. The van der Waals surface area contributed by atoms with Crippen LogP contribution in [0.4, 0.5) is 0 Å². The molecule has 0 spiro atoms. The smallest absolute Gasteiger partial charge is 0.220 e. The molecule has 19 nitrogen and oxygen atoms in total. The van der Waals surface area contributed by atoms with Gasteiger partial charge in [0.1, 0.15) is 73.2 Å². The number of aliphatic hydroxyl groups is 11. The van der Waals surface area contributed by atoms with Gasteiger partial charge in [-0.15, -0.1) is 0 Å². The van der Waals surface area contributed by atoms with Crippen molar-refractivity contribution in [2.24, 2.45) is 0 Å². The van der Waals surface area contributed by atoms with Crippen molar-refractivity contribution in [2.45, 2.75) is 253 Å². The Kier molecular flexibility index (Phi) is 38.5. The summed E-state index contributed by atoms with van der Waals surface area (Å²) in [5, 5.41) is 120. The maximum atomic E-state index is 13.3. The Balaban J connectivity index is 1.49. The normalized spacial score (nSPS) is 30.7. The van der Waals surface area contributed by atoms with Crippen LogP contribution in [0.1, 0.15) is 149 Å². The molecule has 17 atom stereocenters. The lowest BCUT2D eigenvalue weighted by molar-refractivity contribution is -0.379. The van der Waals surface area contributed by atoms with E-state index in [-0.39, 0.29) is 18.9 Å². The van der Waals surface area contributed by atoms with Gasteiger partial charge in [0.15, 0.2) is 18.9 Å². The van der Waals surface area contributed by atoms with E-state index in [1.54, 1.807) is 6.08 Å². The number of carbonyl (C=O) groups is 1. The first-order chi connectivity index (χ1) is 38.8. The molecule has 0 bridgehead atoms. The van der Waals surface area contributed by atoms with E-state index in [9.17, 15) is 61.0 Å². The first-order valence-electron chi connectivity index (χ1n) is 29.5. The lowest BCUT2D eigenvalue weighted by atomic mass is 9.96. The van der Waals surface area contributed by atoms with Crippen LogP contribution in [0, 0.1) is 0 Å². The van der Waals surface area contributed by atoms with Crippen LogP contribution in [0.3, 0.4) is 0 Å². The lowest BCUT2D eigenvalue weighted by Gasteiger charge is -2.48. The molecule has 458 valence electrons. The second-order valence-electron chi connectivity index (χ2n) is 20.7. The molecule has 3 saturated heterocycles. The fraction of sp³-hybridized carbons (Fsp3) is 0.721. The van der Waals surface area contributed by atoms with Crippen LogP contribution in [0.5, 0.6) is 0 Å². The molecule has 17 unspecified atom stereocenters. The van der Waals surface area contributed by atoms with Crippen molar-refractivity contribution in [3.05, 3.63) is 97.2 Å². The SMILES string of the molecule is CC/C=C\C/C=C\C/C=C\C/C=C\C/C=C\CCCCCCCCCC(=O)NC(COC1OC(CO)C(OC2OC(CO)C(OC3OC(CO)C(O)C(O)C3O)C(O)C2O)C(O)C1O)C(O)/C=C/CC/C=C/CC/C=C/CCCC. The van der Waals surface area contributed by atoms with E-state index < -0.39 is 124 Å². The number of carbonyl (C=O) groups excluding carboxylic acids is 1. The summed E-state index contributed by atoms with van der Waals surface area (Å²) in [5.41, 5.74) is 0. The van der Waals surface area contributed by atoms with E-state index >= 15 is 0 Å². The third-order valence-corrected chi connectivity index (χ3v) is 14.1. The summed E-state index contributed by atoms with van der Waals surface area (Å²) in [6, 6.07) is -1.01. The Morgan fingerprint density at radius 2 is 0.875 bits per heavy atom. The number of amides is 1. The molecule has 19 heteroatoms. The molecule has 3 fully saturated rings. The van der Waals surface area contributed by atoms with Crippen molar-refractivity contribution in [2.75, 3.05) is 26.4 Å². The minimum Gasteiger partial charge on any atom is -0.394 e. The fourth-order valence-electron chi connectivity index (χ4n) is 9.23. The fourth-order valence-corrected chi connectivity index (χ4v) is 9.23. The number of aliphatic hydroxyl groups excluding tert-OH is 11. The number of allylic oxidation sites excluding steroid dienone is 15. The monoisotopic (exact) mass is 1140 g/mol. The highest BCUT2D eigenvalue weighted by molar-refractivity contribution is 5.76. The molecule has 3 rings (SSSR count). The standard InChI is InChI=1S/C61H101NO18/c1-3-5-7-9-11-13-15-17-18-19-20-21-22-23-24-25-26-27-29-31-33-35-37-39-49(67)62-44(45(66)38-36-34-32-30-28-16-14-12-10-8-6-4-2)43-75-59-55(73)52(70)57(47(41-64)77-59)80-61-56(74)53(71)58(48(42-65)78-61)79-60-54(72)51(69)50(68)46(40-63)76-60/h5,7,10-13,17-18,20-21,23-24,28,30,36,38,44-48,50-61,63-66,68-74H,3-4,6,8-9,14-16,19,22,25-27,29,31-35,37,39-43H2,1-2H3,(H,62,67)/b7-5-,12-10+,13-11-,18-17-,21-20-,24-23-,30-28+,38-36+. The summed E-state index contributed by atoms with van der Waals surface area (Å²) in [6.07, 6.45) is 26.8. The van der Waals surface area contributed by atoms with Crippen molar-refractivity contribution < 1.29 is 89.4 Å². The predicted molar refractivity (Wildman–Crippen MR) is 304 cm³/mol. The van der Waals surface area contributed by atoms with Crippen LogP contribution in [0.15, 0.2) is 97.2 Å². The van der Waals surface area contributed by atoms with E-state index in [4.69, 9.17) is 28.4 Å². The van der Waals surface area contributed by atoms with Gasteiger partial charge in [-0.2, -0.15) is 0 Å². The summed E-state index contributed by atoms with van der Waals surface area (Å²) in [4.78, 5) is 13.3. The van der Waals surface area contributed by atoms with Crippen molar-refractivity contribution >= 4 is 5.91 Å². The number of nitrogens with one attached hydrogen (secondary N) is 1. The number of ether oxygens (including phenoxy) is 6. The van der Waals surface area contributed by atoms with Crippen LogP contribution in [-0.4, -0.2) is 193 Å². The summed E-state index contributed by atoms with van der Waals surface area (Å²) < 4.78 is 34.2. The van der Waals surface area contributed by atoms with Crippen molar-refractivity contribution in [3.8, 4) is 0 Å². The average Bonchev–Trinajstić information content (AvgIpc) is 3.45. The summed E-state index contributed by atoms with van der Waals surface area (Å²) in [7, 11) is 0. The van der Waals surface area contributed by atoms with Gasteiger partial charge >= 0.3 is 0 Å². The summed E-state index contributed by atoms with van der Waals surface area (Å²) in [5.74, 6) is -0.308. The largest absolute Gasteiger partial charge is 0.394 e. The zero-order chi connectivity index (χ0) is 58.3. The molecule has 1 amide bonds. The Labute approximate surface area is 475 Å². The summed E-state index contributed by atoms with van der Waals surface area (Å²) in [6.45, 7) is 1.48. The Bertz CT molecular complexity index is 1840. The first kappa shape index (κ1) is 71.0. The van der Waals surface area contributed by atoms with Crippen molar-refractivity contribution in [1.29, 1.82) is 0 Å². The first-order valence-corrected chi connectivity index (χ1v) is 29.5. The van der Waals surface area contributed by atoms with Gasteiger partial charge in [0.25, 0.3) is 0 Å². The lowest BCUT2D eigenvalue weighted by Crippen LogP contribution is -2.66. The van der Waals surface area contributed by atoms with E-state index in [1.165, 1.54) is 12.8 Å². The van der Waals surface area contributed by atoms with Crippen LogP contribution in [0.25, 0.3) is 0 Å². The molecule has 0 aliphatic carbocycles. The third-order valence-electron chi connectivity index (χ3n) is 14.1. The molecular weight excluding hydrogens is 1030 g/mol. The number of unbranched alkanes of at least 4 members (excludes halogenated alkanes) is 11. The highest BCUT2D eigenvalue weighted by Gasteiger charge is 2.53. The molecule has 0 aromatic heterocycles. The van der Waals surface area contributed by atoms with Gasteiger partial charge in [-0.25, -0.2) is 0 Å². The minimum atomic E-state index is -1.99. The molecule has 3 heterocycles. The topological polar surface area (TPSA) is 307 Å². The van der Waals surface area contributed by atoms with E-state index in [0.29, 0.717) is 12.8 Å². The molecule has 0 saturated carbocycles. The van der Waals surface area contributed by atoms with Crippen molar-refractivity contribution in [1.82, 2.24) is 5.32 Å². The van der Waals surface area contributed by atoms with E-state index in [0.717, 1.165) is 103 Å². The van der Waals surface area contributed by atoms with Gasteiger partial charge in [0.2, 0.25) is 5.91 Å². The van der Waals surface area contributed by atoms with Gasteiger partial charge in [0, 0.05) is 6.42 Å². The van der Waals surface area contributed by atoms with Gasteiger partial charge in [-0.05, 0) is 83.5 Å². The number of hydrogen-bond donors (Lipinski definition) is 12. The Morgan fingerprint density at radius 1 is 0.463 bits per heavy atom. The Morgan fingerprint density at radius 3 is 1.40 bits per heavy atom. The predicted octanol–water partition coefficient (Wildman–Crippen LogP) is 4.98. The van der Waals surface area contributed by atoms with Gasteiger partial charge < -0.3 is 89.9 Å². The molecule has 12 N–H and O–H groups in total. The molecule has 3 aliphatic rings. The van der Waals surface area contributed by atoms with E-state index in [1.807, 2.05) is 6.08 Å². The minimum absolute atomic E-state index is 0.212. The number of hydrogen-bond acceptors (Lipinski definition) is 18. The average molecular weight is 1140 g/mol. The summed E-state index contributed by atoms with van der Waals surface area (Å²) >= 11 is 0. The Hall–Kier alpha value is -3.29. The molecule has 80 heavy (non-hydrogen) atoms. The van der Waals surface area contributed by atoms with E-state index in [2.05, 4.69) is 104 Å². The van der Waals surface area contributed by atoms with Gasteiger partial charge in [-0.3, -0.25) is 4.79 Å². The third kappa shape index (κ3) is 27.0. The molecule has 0 aromatic carbocycles. The zero-order valence-corrected chi connectivity index (χ0v) is 47.5. The second-order valence-corrected chi connectivity index (χ2v) is 20.7. The molecular formula is C61H101NO18. The van der Waals surface area contributed by atoms with Crippen LogP contribution in [0.2, 0.25) is 0 Å². The molecule has 3 aliphatic heterocycles.